The number of thiophene rings is 1. The van der Waals surface area contributed by atoms with Gasteiger partial charge in [0.1, 0.15) is 5.82 Å². The fourth-order valence-electron chi connectivity index (χ4n) is 4.56. The summed E-state index contributed by atoms with van der Waals surface area (Å²) in [6.45, 7) is 2.17. The van der Waals surface area contributed by atoms with Crippen LogP contribution in [0.1, 0.15) is 62.5 Å². The van der Waals surface area contributed by atoms with E-state index in [1.165, 1.54) is 12.5 Å². The van der Waals surface area contributed by atoms with Crippen molar-refractivity contribution in [1.82, 2.24) is 0 Å². The zero-order chi connectivity index (χ0) is 20.1. The molecule has 0 N–H and O–H groups in total. The van der Waals surface area contributed by atoms with Crippen LogP contribution in [0.2, 0.25) is 0 Å². The lowest BCUT2D eigenvalue weighted by Gasteiger charge is -2.28. The molecule has 1 heterocycles. The number of rotatable bonds is 3. The zero-order valence-electron chi connectivity index (χ0n) is 15.5. The standard InChI is InChI=1S/C22H21F5S/c1-2-3-12-4-6-13(7-5-12)14-8-9-15-16-10-11-17(22(25,26)27)19(24)21(16)28-20(15)18(14)23/h8-13H,2-7H2,1H3. The summed E-state index contributed by atoms with van der Waals surface area (Å²) in [5.41, 5.74) is -0.688. The van der Waals surface area contributed by atoms with E-state index in [0.29, 0.717) is 22.3 Å². The summed E-state index contributed by atoms with van der Waals surface area (Å²) < 4.78 is 68.8. The highest BCUT2D eigenvalue weighted by molar-refractivity contribution is 7.25. The first kappa shape index (κ1) is 19.6. The van der Waals surface area contributed by atoms with Crippen molar-refractivity contribution in [1.29, 1.82) is 0 Å². The number of halogens is 5. The van der Waals surface area contributed by atoms with Crippen LogP contribution >= 0.6 is 11.3 Å². The lowest BCUT2D eigenvalue weighted by Crippen LogP contribution is -2.14. The van der Waals surface area contributed by atoms with Gasteiger partial charge in [0.05, 0.1) is 15.0 Å². The van der Waals surface area contributed by atoms with Crippen molar-refractivity contribution in [2.45, 2.75) is 57.5 Å². The van der Waals surface area contributed by atoms with Crippen LogP contribution in [0.3, 0.4) is 0 Å². The molecule has 0 spiro atoms. The van der Waals surface area contributed by atoms with Gasteiger partial charge in [-0.3, -0.25) is 0 Å². The maximum absolute atomic E-state index is 15.3. The molecule has 3 aromatic rings. The van der Waals surface area contributed by atoms with E-state index in [2.05, 4.69) is 6.92 Å². The van der Waals surface area contributed by atoms with Crippen LogP contribution in [-0.2, 0) is 6.18 Å². The molecule has 28 heavy (non-hydrogen) atoms. The van der Waals surface area contributed by atoms with Gasteiger partial charge in [-0.05, 0) is 49.1 Å². The normalized spacial score (nSPS) is 20.9. The number of benzene rings is 2. The Kier molecular flexibility index (Phi) is 5.10. The molecule has 6 heteroatoms. The van der Waals surface area contributed by atoms with Crippen molar-refractivity contribution < 1.29 is 22.0 Å². The molecule has 0 atom stereocenters. The Labute approximate surface area is 164 Å². The topological polar surface area (TPSA) is 0 Å². The minimum absolute atomic E-state index is 0.123. The third kappa shape index (κ3) is 3.30. The van der Waals surface area contributed by atoms with Gasteiger partial charge in [0, 0.05) is 10.8 Å². The van der Waals surface area contributed by atoms with Crippen molar-refractivity contribution in [3.63, 3.8) is 0 Å². The van der Waals surface area contributed by atoms with Crippen LogP contribution in [0, 0.1) is 17.6 Å². The predicted molar refractivity (Wildman–Crippen MR) is 104 cm³/mol. The van der Waals surface area contributed by atoms with E-state index in [0.717, 1.165) is 49.5 Å². The van der Waals surface area contributed by atoms with Gasteiger partial charge in [-0.25, -0.2) is 8.78 Å². The molecule has 150 valence electrons. The summed E-state index contributed by atoms with van der Waals surface area (Å²) in [5.74, 6) is -0.886. The Hall–Kier alpha value is -1.69. The second-order valence-corrected chi connectivity index (χ2v) is 8.78. The highest BCUT2D eigenvalue weighted by Gasteiger charge is 2.35. The molecular weight excluding hydrogens is 391 g/mol. The summed E-state index contributed by atoms with van der Waals surface area (Å²) in [5, 5.41) is 0.816. The Morgan fingerprint density at radius 2 is 1.50 bits per heavy atom. The van der Waals surface area contributed by atoms with Crippen molar-refractivity contribution in [2.24, 2.45) is 5.92 Å². The number of alkyl halides is 3. The van der Waals surface area contributed by atoms with Crippen LogP contribution in [-0.4, -0.2) is 0 Å². The van der Waals surface area contributed by atoms with E-state index < -0.39 is 23.4 Å². The first-order chi connectivity index (χ1) is 13.3. The van der Waals surface area contributed by atoms with E-state index >= 15 is 4.39 Å². The van der Waals surface area contributed by atoms with Gasteiger partial charge in [-0.2, -0.15) is 13.2 Å². The molecule has 0 radical (unpaired) electrons. The molecule has 1 aliphatic rings. The third-order valence-electron chi connectivity index (χ3n) is 6.01. The Bertz CT molecular complexity index is 1010. The van der Waals surface area contributed by atoms with Gasteiger partial charge >= 0.3 is 6.18 Å². The average molecular weight is 412 g/mol. The van der Waals surface area contributed by atoms with Crippen LogP contribution in [0.25, 0.3) is 20.2 Å². The summed E-state index contributed by atoms with van der Waals surface area (Å²) in [6, 6.07) is 5.46. The molecule has 0 unspecified atom stereocenters. The quantitative estimate of drug-likeness (QED) is 0.379. The van der Waals surface area contributed by atoms with Crippen LogP contribution in [0.4, 0.5) is 22.0 Å². The van der Waals surface area contributed by atoms with Gasteiger partial charge in [-0.1, -0.05) is 38.0 Å². The van der Waals surface area contributed by atoms with Crippen LogP contribution in [0.5, 0.6) is 0 Å². The molecule has 4 rings (SSSR count). The van der Waals surface area contributed by atoms with E-state index in [1.54, 1.807) is 12.1 Å². The predicted octanol–water partition coefficient (Wildman–Crippen LogP) is 8.43. The van der Waals surface area contributed by atoms with Gasteiger partial charge in [-0.15, -0.1) is 11.3 Å². The van der Waals surface area contributed by atoms with Gasteiger partial charge < -0.3 is 0 Å². The Morgan fingerprint density at radius 3 is 2.11 bits per heavy atom. The molecule has 0 saturated heterocycles. The second-order valence-electron chi connectivity index (χ2n) is 7.76. The van der Waals surface area contributed by atoms with Gasteiger partial charge in [0.15, 0.2) is 5.82 Å². The molecule has 0 nitrogen and oxygen atoms in total. The van der Waals surface area contributed by atoms with Crippen LogP contribution in [0.15, 0.2) is 24.3 Å². The molecule has 1 aromatic heterocycles. The highest BCUT2D eigenvalue weighted by Crippen LogP contribution is 2.45. The smallest absolute Gasteiger partial charge is 0.205 e. The minimum atomic E-state index is -4.77. The molecule has 1 fully saturated rings. The molecule has 1 aliphatic carbocycles. The highest BCUT2D eigenvalue weighted by atomic mass is 32.1. The SMILES string of the molecule is CCCC1CCC(c2ccc3c(sc4c(F)c(C(F)(F)F)ccc43)c2F)CC1. The van der Waals surface area contributed by atoms with Gasteiger partial charge in [0.25, 0.3) is 0 Å². The van der Waals surface area contributed by atoms with E-state index in [-0.39, 0.29) is 15.3 Å². The maximum Gasteiger partial charge on any atom is 0.419 e. The second kappa shape index (κ2) is 7.29. The Morgan fingerprint density at radius 1 is 0.893 bits per heavy atom. The van der Waals surface area contributed by atoms with E-state index in [9.17, 15) is 17.6 Å². The summed E-state index contributed by atoms with van der Waals surface area (Å²) >= 11 is 0.782. The maximum atomic E-state index is 15.3. The molecule has 1 saturated carbocycles. The first-order valence-electron chi connectivity index (χ1n) is 9.71. The summed E-state index contributed by atoms with van der Waals surface area (Å²) in [4.78, 5) is 0. The summed E-state index contributed by atoms with van der Waals surface area (Å²) in [7, 11) is 0. The molecule has 2 aromatic carbocycles. The lowest BCUT2D eigenvalue weighted by atomic mass is 9.77. The molecule has 0 bridgehead atoms. The fraction of sp³-hybridized carbons (Fsp3) is 0.455. The largest absolute Gasteiger partial charge is 0.419 e. The van der Waals surface area contributed by atoms with Crippen molar-refractivity contribution >= 4 is 31.5 Å². The fourth-order valence-corrected chi connectivity index (χ4v) is 5.74. The summed E-state index contributed by atoms with van der Waals surface area (Å²) in [6.07, 6.45) is 1.58. The lowest BCUT2D eigenvalue weighted by molar-refractivity contribution is -0.139. The van der Waals surface area contributed by atoms with Crippen LogP contribution < -0.4 is 0 Å². The molecular formula is C22H21F5S. The molecule has 0 aliphatic heterocycles. The minimum Gasteiger partial charge on any atom is -0.205 e. The molecule has 0 amide bonds. The van der Waals surface area contributed by atoms with Crippen molar-refractivity contribution in [2.75, 3.05) is 0 Å². The Balaban J connectivity index is 1.75. The number of fused-ring (bicyclic) bond motifs is 3. The van der Waals surface area contributed by atoms with E-state index in [4.69, 9.17) is 0 Å². The monoisotopic (exact) mass is 412 g/mol. The average Bonchev–Trinajstić information content (AvgIpc) is 3.03. The van der Waals surface area contributed by atoms with Gasteiger partial charge in [0.2, 0.25) is 0 Å². The number of hydrogen-bond acceptors (Lipinski definition) is 1. The first-order valence-corrected chi connectivity index (χ1v) is 10.5. The third-order valence-corrected chi connectivity index (χ3v) is 7.21. The van der Waals surface area contributed by atoms with Crippen molar-refractivity contribution in [3.8, 4) is 0 Å². The number of hydrogen-bond donors (Lipinski definition) is 0. The van der Waals surface area contributed by atoms with E-state index in [1.807, 2.05) is 0 Å². The van der Waals surface area contributed by atoms with Crippen molar-refractivity contribution in [3.05, 3.63) is 47.0 Å². The zero-order valence-corrected chi connectivity index (χ0v) is 16.3.